The van der Waals surface area contributed by atoms with Gasteiger partial charge in [0.1, 0.15) is 11.5 Å². The Morgan fingerprint density at radius 1 is 1.12 bits per heavy atom. The molecule has 0 saturated carbocycles. The zero-order valence-corrected chi connectivity index (χ0v) is 14.8. The normalized spacial score (nSPS) is 11.7. The van der Waals surface area contributed by atoms with E-state index in [1.165, 1.54) is 5.56 Å². The van der Waals surface area contributed by atoms with Gasteiger partial charge in [0.2, 0.25) is 0 Å². The second-order valence-corrected chi connectivity index (χ2v) is 5.86. The molecule has 0 aromatic heterocycles. The smallest absolute Gasteiger partial charge is 0.258 e. The van der Waals surface area contributed by atoms with E-state index >= 15 is 0 Å². The molecule has 0 radical (unpaired) electrons. The average molecular weight is 327 g/mol. The highest BCUT2D eigenvalue weighted by Gasteiger charge is 2.13. The fourth-order valence-corrected chi connectivity index (χ4v) is 2.60. The molecule has 0 bridgehead atoms. The first-order valence-electron chi connectivity index (χ1n) is 8.16. The molecule has 1 unspecified atom stereocenters. The lowest BCUT2D eigenvalue weighted by Gasteiger charge is -2.18. The molecule has 2 aromatic carbocycles. The zero-order valence-electron chi connectivity index (χ0n) is 14.8. The summed E-state index contributed by atoms with van der Waals surface area (Å²) in [4.78, 5) is 12.2. The van der Waals surface area contributed by atoms with E-state index in [2.05, 4.69) is 5.32 Å². The van der Waals surface area contributed by atoms with Crippen molar-refractivity contribution in [3.05, 3.63) is 59.2 Å². The lowest BCUT2D eigenvalue weighted by molar-refractivity contribution is -0.123. The Labute approximate surface area is 143 Å². The molecule has 2 rings (SSSR count). The Balaban J connectivity index is 1.93. The first kappa shape index (κ1) is 17.9. The zero-order chi connectivity index (χ0) is 17.5. The van der Waals surface area contributed by atoms with Crippen LogP contribution in [0.2, 0.25) is 0 Å². The summed E-state index contributed by atoms with van der Waals surface area (Å²) in [7, 11) is 1.64. The third kappa shape index (κ3) is 4.75. The van der Waals surface area contributed by atoms with Crippen LogP contribution in [-0.2, 0) is 4.79 Å². The van der Waals surface area contributed by atoms with E-state index < -0.39 is 0 Å². The molecule has 4 heteroatoms. The van der Waals surface area contributed by atoms with Crippen LogP contribution in [0.3, 0.4) is 0 Å². The third-order valence-electron chi connectivity index (χ3n) is 3.95. The Kier molecular flexibility index (Phi) is 6.24. The predicted octanol–water partition coefficient (Wildman–Crippen LogP) is 3.96. The minimum absolute atomic E-state index is 0.0105. The number of nitrogens with one attached hydrogen (secondary N) is 1. The number of benzene rings is 2. The number of hydrogen-bond donors (Lipinski definition) is 1. The van der Waals surface area contributed by atoms with Crippen LogP contribution in [0.5, 0.6) is 11.5 Å². The maximum atomic E-state index is 12.2. The molecule has 0 heterocycles. The highest BCUT2D eigenvalue weighted by atomic mass is 16.5. The minimum Gasteiger partial charge on any atom is -0.497 e. The van der Waals surface area contributed by atoms with E-state index in [-0.39, 0.29) is 18.6 Å². The standard InChI is InChI=1S/C20H25NO3/c1-5-18(16-7-9-17(23-4)10-8-16)21-20(22)13-24-19-11-6-14(2)12-15(19)3/h6-12,18H,5,13H2,1-4H3,(H,21,22). The molecule has 0 saturated heterocycles. The maximum absolute atomic E-state index is 12.2. The molecule has 4 nitrogen and oxygen atoms in total. The van der Waals surface area contributed by atoms with Crippen LogP contribution >= 0.6 is 0 Å². The number of rotatable bonds is 7. The summed E-state index contributed by atoms with van der Waals surface area (Å²) < 4.78 is 10.8. The second kappa shape index (κ2) is 8.39. The van der Waals surface area contributed by atoms with Gasteiger partial charge in [-0.1, -0.05) is 36.8 Å². The van der Waals surface area contributed by atoms with Crippen LogP contribution in [0.15, 0.2) is 42.5 Å². The number of aryl methyl sites for hydroxylation is 2. The van der Waals surface area contributed by atoms with Crippen molar-refractivity contribution in [2.75, 3.05) is 13.7 Å². The summed E-state index contributed by atoms with van der Waals surface area (Å²) in [5.74, 6) is 1.42. The molecule has 2 aromatic rings. The molecule has 128 valence electrons. The van der Waals surface area contributed by atoms with Gasteiger partial charge >= 0.3 is 0 Å². The molecule has 0 spiro atoms. The Morgan fingerprint density at radius 2 is 1.83 bits per heavy atom. The monoisotopic (exact) mass is 327 g/mol. The quantitative estimate of drug-likeness (QED) is 0.837. The first-order valence-corrected chi connectivity index (χ1v) is 8.16. The van der Waals surface area contributed by atoms with Crippen molar-refractivity contribution in [1.82, 2.24) is 5.32 Å². The van der Waals surface area contributed by atoms with Crippen LogP contribution in [0, 0.1) is 13.8 Å². The van der Waals surface area contributed by atoms with Crippen molar-refractivity contribution in [1.29, 1.82) is 0 Å². The molecular formula is C20H25NO3. The Hall–Kier alpha value is -2.49. The third-order valence-corrected chi connectivity index (χ3v) is 3.95. The molecule has 0 aliphatic carbocycles. The lowest BCUT2D eigenvalue weighted by Crippen LogP contribution is -2.32. The van der Waals surface area contributed by atoms with Crippen molar-refractivity contribution in [2.24, 2.45) is 0 Å². The average Bonchev–Trinajstić information content (AvgIpc) is 2.59. The molecule has 1 atom stereocenters. The Bertz CT molecular complexity index is 680. The van der Waals surface area contributed by atoms with Gasteiger partial charge in [-0.25, -0.2) is 0 Å². The van der Waals surface area contributed by atoms with Gasteiger partial charge in [0.25, 0.3) is 5.91 Å². The Morgan fingerprint density at radius 3 is 2.42 bits per heavy atom. The highest BCUT2D eigenvalue weighted by Crippen LogP contribution is 2.21. The van der Waals surface area contributed by atoms with Crippen LogP contribution in [0.4, 0.5) is 0 Å². The van der Waals surface area contributed by atoms with E-state index in [1.807, 2.05) is 63.2 Å². The van der Waals surface area contributed by atoms with Crippen LogP contribution in [0.25, 0.3) is 0 Å². The topological polar surface area (TPSA) is 47.6 Å². The number of ether oxygens (including phenoxy) is 2. The van der Waals surface area contributed by atoms with Gasteiger partial charge in [-0.2, -0.15) is 0 Å². The summed E-state index contributed by atoms with van der Waals surface area (Å²) in [5.41, 5.74) is 3.26. The number of carbonyl (C=O) groups is 1. The van der Waals surface area contributed by atoms with E-state index in [4.69, 9.17) is 9.47 Å². The molecule has 1 amide bonds. The predicted molar refractivity (Wildman–Crippen MR) is 95.6 cm³/mol. The lowest BCUT2D eigenvalue weighted by atomic mass is 10.0. The van der Waals surface area contributed by atoms with E-state index in [0.717, 1.165) is 29.0 Å². The van der Waals surface area contributed by atoms with Gasteiger partial charge in [-0.15, -0.1) is 0 Å². The van der Waals surface area contributed by atoms with E-state index in [9.17, 15) is 4.79 Å². The van der Waals surface area contributed by atoms with Gasteiger partial charge in [-0.3, -0.25) is 4.79 Å². The number of hydrogen-bond acceptors (Lipinski definition) is 3. The SMILES string of the molecule is CCC(NC(=O)COc1ccc(C)cc1C)c1ccc(OC)cc1. The fraction of sp³-hybridized carbons (Fsp3) is 0.350. The largest absolute Gasteiger partial charge is 0.497 e. The van der Waals surface area contributed by atoms with E-state index in [0.29, 0.717) is 0 Å². The maximum Gasteiger partial charge on any atom is 0.258 e. The number of amides is 1. The highest BCUT2D eigenvalue weighted by molar-refractivity contribution is 5.78. The number of methoxy groups -OCH3 is 1. The molecule has 0 aliphatic rings. The summed E-state index contributed by atoms with van der Waals surface area (Å²) in [6.45, 7) is 6.06. The van der Waals surface area contributed by atoms with Crippen LogP contribution in [-0.4, -0.2) is 19.6 Å². The summed E-state index contributed by atoms with van der Waals surface area (Å²) in [6.07, 6.45) is 0.807. The molecule has 24 heavy (non-hydrogen) atoms. The molecule has 0 aliphatic heterocycles. The molecule has 0 fully saturated rings. The van der Waals surface area contributed by atoms with Crippen molar-refractivity contribution >= 4 is 5.91 Å². The summed E-state index contributed by atoms with van der Waals surface area (Å²) in [6, 6.07) is 13.6. The van der Waals surface area contributed by atoms with E-state index in [1.54, 1.807) is 7.11 Å². The van der Waals surface area contributed by atoms with Crippen LogP contribution < -0.4 is 14.8 Å². The van der Waals surface area contributed by atoms with Gasteiger partial charge in [0.15, 0.2) is 6.61 Å². The number of carbonyl (C=O) groups excluding carboxylic acids is 1. The molecular weight excluding hydrogens is 302 g/mol. The van der Waals surface area contributed by atoms with Crippen molar-refractivity contribution in [3.63, 3.8) is 0 Å². The van der Waals surface area contributed by atoms with Gasteiger partial charge in [0.05, 0.1) is 13.2 Å². The summed E-state index contributed by atoms with van der Waals surface area (Å²) >= 11 is 0. The molecule has 1 N–H and O–H groups in total. The minimum atomic E-state index is -0.127. The van der Waals surface area contributed by atoms with Crippen molar-refractivity contribution in [3.8, 4) is 11.5 Å². The first-order chi connectivity index (χ1) is 11.5. The van der Waals surface area contributed by atoms with Crippen LogP contribution in [0.1, 0.15) is 36.1 Å². The second-order valence-electron chi connectivity index (χ2n) is 5.86. The summed E-state index contributed by atoms with van der Waals surface area (Å²) in [5, 5.41) is 3.02. The van der Waals surface area contributed by atoms with Gasteiger partial charge in [-0.05, 0) is 49.6 Å². The fourth-order valence-electron chi connectivity index (χ4n) is 2.60. The van der Waals surface area contributed by atoms with Gasteiger partial charge < -0.3 is 14.8 Å². The van der Waals surface area contributed by atoms with Crippen molar-refractivity contribution < 1.29 is 14.3 Å². The van der Waals surface area contributed by atoms with Crippen molar-refractivity contribution in [2.45, 2.75) is 33.2 Å². The van der Waals surface area contributed by atoms with Gasteiger partial charge in [0, 0.05) is 0 Å².